The van der Waals surface area contributed by atoms with Crippen molar-refractivity contribution < 1.29 is 13.9 Å². The Hall–Kier alpha value is -2.89. The Morgan fingerprint density at radius 1 is 1.23 bits per heavy atom. The topological polar surface area (TPSA) is 67.0 Å². The predicted octanol–water partition coefficient (Wildman–Crippen LogP) is 3.36. The summed E-state index contributed by atoms with van der Waals surface area (Å²) in [6.07, 6.45) is 2.21. The fourth-order valence-corrected chi connectivity index (χ4v) is 3.02. The lowest BCUT2D eigenvalue weighted by atomic mass is 10.0. The van der Waals surface area contributed by atoms with Gasteiger partial charge < -0.3 is 15.0 Å². The van der Waals surface area contributed by atoms with E-state index in [9.17, 15) is 9.18 Å². The summed E-state index contributed by atoms with van der Waals surface area (Å²) in [7, 11) is 0. The van der Waals surface area contributed by atoms with Crippen LogP contribution in [0.1, 0.15) is 22.5 Å². The molecule has 26 heavy (non-hydrogen) atoms. The minimum atomic E-state index is -0.260. The second-order valence-corrected chi connectivity index (χ2v) is 6.37. The van der Waals surface area contributed by atoms with Crippen molar-refractivity contribution in [2.45, 2.75) is 27.2 Å². The van der Waals surface area contributed by atoms with Gasteiger partial charge in [0.1, 0.15) is 11.6 Å². The molecule has 0 bridgehead atoms. The van der Waals surface area contributed by atoms with E-state index >= 15 is 0 Å². The van der Waals surface area contributed by atoms with E-state index < -0.39 is 0 Å². The van der Waals surface area contributed by atoms with Crippen molar-refractivity contribution in [2.75, 3.05) is 13.2 Å². The van der Waals surface area contributed by atoms with Crippen molar-refractivity contribution in [1.82, 2.24) is 15.3 Å². The van der Waals surface area contributed by atoms with Crippen LogP contribution in [0.5, 0.6) is 5.75 Å². The molecule has 1 aromatic carbocycles. The number of aromatic nitrogens is 2. The normalized spacial score (nSPS) is 10.9. The van der Waals surface area contributed by atoms with Gasteiger partial charge in [0, 0.05) is 23.3 Å². The molecule has 0 aliphatic carbocycles. The standard InChI is InChI=1S/C20H22FN3O2/c1-12-4-7-17(21)20-19(12)16(14(3)24-20)8-9-22-18(25)11-26-15-6-5-13(2)23-10-15/h4-7,10,24H,8-9,11H2,1-3H3,(H,22,25). The number of pyridine rings is 1. The van der Waals surface area contributed by atoms with Gasteiger partial charge in [0.05, 0.1) is 11.7 Å². The Labute approximate surface area is 151 Å². The Morgan fingerprint density at radius 2 is 2.04 bits per heavy atom. The molecule has 0 saturated heterocycles. The molecule has 1 amide bonds. The molecule has 3 rings (SSSR count). The van der Waals surface area contributed by atoms with Crippen molar-refractivity contribution in [3.8, 4) is 5.75 Å². The smallest absolute Gasteiger partial charge is 0.257 e. The minimum Gasteiger partial charge on any atom is -0.482 e. The number of hydrogen-bond acceptors (Lipinski definition) is 3. The van der Waals surface area contributed by atoms with Crippen LogP contribution >= 0.6 is 0 Å². The molecule has 2 heterocycles. The number of carbonyl (C=O) groups is 1. The Morgan fingerprint density at radius 3 is 2.77 bits per heavy atom. The van der Waals surface area contributed by atoms with Crippen LogP contribution in [0.2, 0.25) is 0 Å². The zero-order chi connectivity index (χ0) is 18.7. The zero-order valence-electron chi connectivity index (χ0n) is 15.1. The number of amides is 1. The van der Waals surface area contributed by atoms with E-state index in [1.165, 1.54) is 6.07 Å². The first-order chi connectivity index (χ1) is 12.5. The van der Waals surface area contributed by atoms with Crippen molar-refractivity contribution >= 4 is 16.8 Å². The number of ether oxygens (including phenoxy) is 1. The van der Waals surface area contributed by atoms with E-state index in [0.717, 1.165) is 27.9 Å². The molecule has 0 aliphatic heterocycles. The lowest BCUT2D eigenvalue weighted by Crippen LogP contribution is -2.30. The summed E-state index contributed by atoms with van der Waals surface area (Å²) in [5.41, 5.74) is 4.38. The second kappa shape index (κ2) is 7.56. The molecule has 0 spiro atoms. The molecule has 0 radical (unpaired) electrons. The lowest BCUT2D eigenvalue weighted by Gasteiger charge is -2.08. The maximum Gasteiger partial charge on any atom is 0.257 e. The van der Waals surface area contributed by atoms with Gasteiger partial charge in [-0.25, -0.2) is 4.39 Å². The number of rotatable bonds is 6. The largest absolute Gasteiger partial charge is 0.482 e. The Bertz CT molecular complexity index is 932. The number of halogens is 1. The molecule has 6 heteroatoms. The highest BCUT2D eigenvalue weighted by atomic mass is 19.1. The van der Waals surface area contributed by atoms with Crippen molar-refractivity contribution in [1.29, 1.82) is 0 Å². The molecule has 0 fully saturated rings. The molecule has 0 saturated carbocycles. The second-order valence-electron chi connectivity index (χ2n) is 6.37. The average Bonchev–Trinajstić information content (AvgIpc) is 2.96. The van der Waals surface area contributed by atoms with E-state index in [2.05, 4.69) is 15.3 Å². The number of H-pyrrole nitrogens is 1. The van der Waals surface area contributed by atoms with Crippen molar-refractivity contribution in [3.05, 3.63) is 58.8 Å². The maximum atomic E-state index is 14.0. The van der Waals surface area contributed by atoms with E-state index in [0.29, 0.717) is 24.2 Å². The highest BCUT2D eigenvalue weighted by molar-refractivity contribution is 5.88. The van der Waals surface area contributed by atoms with Crippen LogP contribution in [-0.4, -0.2) is 29.0 Å². The van der Waals surface area contributed by atoms with Crippen LogP contribution in [0.25, 0.3) is 10.9 Å². The fourth-order valence-electron chi connectivity index (χ4n) is 3.02. The molecule has 0 unspecified atom stereocenters. The first-order valence-corrected chi connectivity index (χ1v) is 8.54. The number of aryl methyl sites for hydroxylation is 3. The Kier molecular flexibility index (Phi) is 5.21. The molecule has 2 aromatic heterocycles. The van der Waals surface area contributed by atoms with Crippen LogP contribution < -0.4 is 10.1 Å². The van der Waals surface area contributed by atoms with Crippen molar-refractivity contribution in [2.24, 2.45) is 0 Å². The van der Waals surface area contributed by atoms with Gasteiger partial charge in [-0.05, 0) is 56.5 Å². The van der Waals surface area contributed by atoms with Gasteiger partial charge in [0.2, 0.25) is 0 Å². The minimum absolute atomic E-state index is 0.0642. The molecule has 3 aromatic rings. The SMILES string of the molecule is Cc1ccc(OCC(=O)NCCc2c(C)[nH]c3c(F)ccc(C)c23)cn1. The van der Waals surface area contributed by atoms with Crippen LogP contribution in [0.4, 0.5) is 4.39 Å². The first kappa shape index (κ1) is 17.9. The number of hydrogen-bond donors (Lipinski definition) is 2. The van der Waals surface area contributed by atoms with Crippen molar-refractivity contribution in [3.63, 3.8) is 0 Å². The van der Waals surface area contributed by atoms with E-state index in [1.54, 1.807) is 18.3 Å². The van der Waals surface area contributed by atoms with Crippen LogP contribution in [-0.2, 0) is 11.2 Å². The maximum absolute atomic E-state index is 14.0. The highest BCUT2D eigenvalue weighted by Crippen LogP contribution is 2.27. The van der Waals surface area contributed by atoms with Gasteiger partial charge in [-0.2, -0.15) is 0 Å². The summed E-state index contributed by atoms with van der Waals surface area (Å²) >= 11 is 0. The number of benzene rings is 1. The average molecular weight is 355 g/mol. The summed E-state index contributed by atoms with van der Waals surface area (Å²) in [5.74, 6) is 0.0967. The third-order valence-electron chi connectivity index (χ3n) is 4.38. The third-order valence-corrected chi connectivity index (χ3v) is 4.38. The number of nitrogens with one attached hydrogen (secondary N) is 2. The summed E-state index contributed by atoms with van der Waals surface area (Å²) in [4.78, 5) is 19.2. The van der Waals surface area contributed by atoms with Gasteiger partial charge in [-0.15, -0.1) is 0 Å². The summed E-state index contributed by atoms with van der Waals surface area (Å²) in [5, 5.41) is 3.74. The fraction of sp³-hybridized carbons (Fsp3) is 0.300. The first-order valence-electron chi connectivity index (χ1n) is 8.54. The number of fused-ring (bicyclic) bond motifs is 1. The number of carbonyl (C=O) groups excluding carboxylic acids is 1. The monoisotopic (exact) mass is 355 g/mol. The van der Waals surface area contributed by atoms with Gasteiger partial charge in [-0.3, -0.25) is 9.78 Å². The molecular formula is C20H22FN3O2. The van der Waals surface area contributed by atoms with E-state index in [-0.39, 0.29) is 18.3 Å². The quantitative estimate of drug-likeness (QED) is 0.712. The number of aromatic amines is 1. The molecule has 0 aliphatic rings. The summed E-state index contributed by atoms with van der Waals surface area (Å²) in [6.45, 7) is 6.16. The summed E-state index contributed by atoms with van der Waals surface area (Å²) < 4.78 is 19.4. The number of nitrogens with zero attached hydrogens (tertiary/aromatic N) is 1. The third kappa shape index (κ3) is 3.85. The predicted molar refractivity (Wildman–Crippen MR) is 98.9 cm³/mol. The van der Waals surface area contributed by atoms with Crippen LogP contribution in [0, 0.1) is 26.6 Å². The van der Waals surface area contributed by atoms with Gasteiger partial charge >= 0.3 is 0 Å². The Balaban J connectivity index is 1.57. The lowest BCUT2D eigenvalue weighted by molar-refractivity contribution is -0.123. The van der Waals surface area contributed by atoms with Gasteiger partial charge in [-0.1, -0.05) is 6.07 Å². The summed E-state index contributed by atoms with van der Waals surface area (Å²) in [6, 6.07) is 6.85. The van der Waals surface area contributed by atoms with E-state index in [4.69, 9.17) is 4.74 Å². The van der Waals surface area contributed by atoms with E-state index in [1.807, 2.05) is 26.8 Å². The van der Waals surface area contributed by atoms with Gasteiger partial charge in [0.25, 0.3) is 5.91 Å². The molecular weight excluding hydrogens is 333 g/mol. The molecule has 136 valence electrons. The molecule has 0 atom stereocenters. The molecule has 5 nitrogen and oxygen atoms in total. The highest BCUT2D eigenvalue weighted by Gasteiger charge is 2.14. The van der Waals surface area contributed by atoms with Crippen LogP contribution in [0.15, 0.2) is 30.5 Å². The van der Waals surface area contributed by atoms with Gasteiger partial charge in [0.15, 0.2) is 6.61 Å². The zero-order valence-corrected chi connectivity index (χ0v) is 15.1. The van der Waals surface area contributed by atoms with Crippen LogP contribution in [0.3, 0.4) is 0 Å². The molecule has 2 N–H and O–H groups in total.